The normalized spacial score (nSPS) is 11.0. The van der Waals surface area contributed by atoms with Crippen LogP contribution in [0.2, 0.25) is 0 Å². The minimum atomic E-state index is 0. The summed E-state index contributed by atoms with van der Waals surface area (Å²) < 4.78 is 7.37. The maximum absolute atomic E-state index is 5.32. The number of imidazole rings is 1. The second-order valence-electron chi connectivity index (χ2n) is 5.73. The van der Waals surface area contributed by atoms with Gasteiger partial charge in [-0.15, -0.1) is 24.0 Å². The summed E-state index contributed by atoms with van der Waals surface area (Å²) in [5.74, 6) is 1.76. The first kappa shape index (κ1) is 20.0. The van der Waals surface area contributed by atoms with Crippen LogP contribution in [-0.4, -0.2) is 29.1 Å². The Kier molecular flexibility index (Phi) is 8.20. The van der Waals surface area contributed by atoms with Gasteiger partial charge < -0.3 is 19.6 Å². The molecule has 0 aliphatic carbocycles. The van der Waals surface area contributed by atoms with E-state index in [1.165, 1.54) is 11.1 Å². The maximum atomic E-state index is 5.32. The molecular formula is C19H24IN5O. The SMILES string of the molecule is CN=C(NCCc1ccco1)NCc1ccc(Cn2ccnc2)cc1.I. The fraction of sp³-hybridized carbons (Fsp3) is 0.263. The summed E-state index contributed by atoms with van der Waals surface area (Å²) in [6.45, 7) is 2.34. The van der Waals surface area contributed by atoms with E-state index in [0.717, 1.165) is 37.8 Å². The fourth-order valence-corrected chi connectivity index (χ4v) is 2.52. The summed E-state index contributed by atoms with van der Waals surface area (Å²) in [4.78, 5) is 8.30. The third-order valence-corrected chi connectivity index (χ3v) is 3.87. The van der Waals surface area contributed by atoms with Crippen LogP contribution in [0.5, 0.6) is 0 Å². The Hall–Kier alpha value is -2.29. The van der Waals surface area contributed by atoms with Crippen molar-refractivity contribution in [3.05, 3.63) is 78.3 Å². The molecular weight excluding hydrogens is 441 g/mol. The Labute approximate surface area is 170 Å². The lowest BCUT2D eigenvalue weighted by atomic mass is 10.1. The van der Waals surface area contributed by atoms with E-state index in [-0.39, 0.29) is 24.0 Å². The molecule has 1 aromatic carbocycles. The van der Waals surface area contributed by atoms with Crippen LogP contribution < -0.4 is 10.6 Å². The number of furan rings is 1. The number of nitrogens with one attached hydrogen (secondary N) is 2. The van der Waals surface area contributed by atoms with Gasteiger partial charge in [-0.1, -0.05) is 24.3 Å². The maximum Gasteiger partial charge on any atom is 0.191 e. The van der Waals surface area contributed by atoms with Gasteiger partial charge in [-0.3, -0.25) is 4.99 Å². The van der Waals surface area contributed by atoms with Crippen molar-refractivity contribution in [2.45, 2.75) is 19.5 Å². The number of aliphatic imine (C=N–C) groups is 1. The quantitative estimate of drug-likeness (QED) is 0.320. The Morgan fingerprint density at radius 3 is 2.62 bits per heavy atom. The van der Waals surface area contributed by atoms with Crippen molar-refractivity contribution in [2.24, 2.45) is 4.99 Å². The molecule has 0 aliphatic rings. The van der Waals surface area contributed by atoms with E-state index >= 15 is 0 Å². The number of halogens is 1. The van der Waals surface area contributed by atoms with E-state index in [2.05, 4.69) is 49.4 Å². The molecule has 6 nitrogen and oxygen atoms in total. The molecule has 0 unspecified atom stereocenters. The van der Waals surface area contributed by atoms with Gasteiger partial charge in [-0.2, -0.15) is 0 Å². The summed E-state index contributed by atoms with van der Waals surface area (Å²) in [7, 11) is 1.77. The molecule has 2 aromatic heterocycles. The van der Waals surface area contributed by atoms with Gasteiger partial charge in [0.25, 0.3) is 0 Å². The Bertz CT molecular complexity index is 767. The molecule has 0 saturated heterocycles. The largest absolute Gasteiger partial charge is 0.469 e. The topological polar surface area (TPSA) is 67.4 Å². The van der Waals surface area contributed by atoms with E-state index in [1.54, 1.807) is 19.5 Å². The summed E-state index contributed by atoms with van der Waals surface area (Å²) >= 11 is 0. The monoisotopic (exact) mass is 465 g/mol. The standard InChI is InChI=1S/C19H23N5O.HI/c1-20-19(22-9-8-18-3-2-12-25-18)23-13-16-4-6-17(7-5-16)14-24-11-10-21-15-24;/h2-7,10-12,15H,8-9,13-14H2,1H3,(H2,20,22,23);1H. The van der Waals surface area contributed by atoms with Crippen LogP contribution in [0.15, 0.2) is 70.8 Å². The lowest BCUT2D eigenvalue weighted by molar-refractivity contribution is 0.507. The fourth-order valence-electron chi connectivity index (χ4n) is 2.52. The van der Waals surface area contributed by atoms with E-state index in [9.17, 15) is 0 Å². The second kappa shape index (κ2) is 10.6. The lowest BCUT2D eigenvalue weighted by Crippen LogP contribution is -2.37. The van der Waals surface area contributed by atoms with Crippen molar-refractivity contribution >= 4 is 29.9 Å². The highest BCUT2D eigenvalue weighted by molar-refractivity contribution is 14.0. The van der Waals surface area contributed by atoms with Crippen molar-refractivity contribution in [2.75, 3.05) is 13.6 Å². The van der Waals surface area contributed by atoms with Crippen LogP contribution in [-0.2, 0) is 19.5 Å². The smallest absolute Gasteiger partial charge is 0.191 e. The van der Waals surface area contributed by atoms with E-state index < -0.39 is 0 Å². The zero-order valence-electron chi connectivity index (χ0n) is 14.8. The Balaban J connectivity index is 0.00000243. The molecule has 0 amide bonds. The molecule has 0 atom stereocenters. The van der Waals surface area contributed by atoms with Crippen molar-refractivity contribution in [3.63, 3.8) is 0 Å². The van der Waals surface area contributed by atoms with Crippen LogP contribution in [0.3, 0.4) is 0 Å². The van der Waals surface area contributed by atoms with Crippen LogP contribution in [0.25, 0.3) is 0 Å². The van der Waals surface area contributed by atoms with Crippen LogP contribution in [0.4, 0.5) is 0 Å². The highest BCUT2D eigenvalue weighted by Gasteiger charge is 2.01. The number of benzene rings is 1. The highest BCUT2D eigenvalue weighted by atomic mass is 127. The Morgan fingerprint density at radius 2 is 1.96 bits per heavy atom. The number of aromatic nitrogens is 2. The van der Waals surface area contributed by atoms with Gasteiger partial charge in [0.1, 0.15) is 5.76 Å². The van der Waals surface area contributed by atoms with Crippen molar-refractivity contribution in [3.8, 4) is 0 Å². The third kappa shape index (κ3) is 6.21. The van der Waals surface area contributed by atoms with E-state index in [4.69, 9.17) is 4.42 Å². The number of hydrogen-bond donors (Lipinski definition) is 2. The van der Waals surface area contributed by atoms with Gasteiger partial charge in [-0.05, 0) is 23.3 Å². The molecule has 0 spiro atoms. The molecule has 7 heteroatoms. The molecule has 0 fully saturated rings. The molecule has 0 radical (unpaired) electrons. The summed E-state index contributed by atoms with van der Waals surface area (Å²) in [6, 6.07) is 12.4. The molecule has 0 saturated carbocycles. The zero-order chi connectivity index (χ0) is 17.3. The van der Waals surface area contributed by atoms with Gasteiger partial charge >= 0.3 is 0 Å². The van der Waals surface area contributed by atoms with Gasteiger partial charge in [0.2, 0.25) is 0 Å². The Morgan fingerprint density at radius 1 is 1.15 bits per heavy atom. The molecule has 0 bridgehead atoms. The van der Waals surface area contributed by atoms with E-state index in [0.29, 0.717) is 0 Å². The van der Waals surface area contributed by atoms with Crippen LogP contribution in [0.1, 0.15) is 16.9 Å². The third-order valence-electron chi connectivity index (χ3n) is 3.87. The van der Waals surface area contributed by atoms with Crippen molar-refractivity contribution in [1.82, 2.24) is 20.2 Å². The summed E-state index contributed by atoms with van der Waals surface area (Å²) in [5, 5.41) is 6.61. The average Bonchev–Trinajstić information content (AvgIpc) is 3.33. The van der Waals surface area contributed by atoms with Crippen LogP contribution in [0, 0.1) is 0 Å². The minimum Gasteiger partial charge on any atom is -0.469 e. The molecule has 2 heterocycles. The lowest BCUT2D eigenvalue weighted by Gasteiger charge is -2.12. The van der Waals surface area contributed by atoms with Crippen molar-refractivity contribution < 1.29 is 4.42 Å². The number of nitrogens with zero attached hydrogens (tertiary/aromatic N) is 3. The average molecular weight is 465 g/mol. The minimum absolute atomic E-state index is 0. The molecule has 26 heavy (non-hydrogen) atoms. The first-order valence-corrected chi connectivity index (χ1v) is 8.34. The van der Waals surface area contributed by atoms with Gasteiger partial charge in [0, 0.05) is 45.5 Å². The van der Waals surface area contributed by atoms with Gasteiger partial charge in [0.15, 0.2) is 5.96 Å². The summed E-state index contributed by atoms with van der Waals surface area (Å²) in [6.07, 6.45) is 8.11. The summed E-state index contributed by atoms with van der Waals surface area (Å²) in [5.41, 5.74) is 2.46. The molecule has 2 N–H and O–H groups in total. The molecule has 138 valence electrons. The second-order valence-corrected chi connectivity index (χ2v) is 5.73. The van der Waals surface area contributed by atoms with Gasteiger partial charge in [-0.25, -0.2) is 4.98 Å². The number of guanidine groups is 1. The predicted molar refractivity (Wildman–Crippen MR) is 114 cm³/mol. The van der Waals surface area contributed by atoms with Crippen LogP contribution >= 0.6 is 24.0 Å². The van der Waals surface area contributed by atoms with Gasteiger partial charge in [0.05, 0.1) is 12.6 Å². The molecule has 0 aliphatic heterocycles. The highest BCUT2D eigenvalue weighted by Crippen LogP contribution is 2.06. The number of hydrogen-bond acceptors (Lipinski definition) is 3. The van der Waals surface area contributed by atoms with Crippen molar-refractivity contribution in [1.29, 1.82) is 0 Å². The first-order chi connectivity index (χ1) is 12.3. The molecule has 3 aromatic rings. The zero-order valence-corrected chi connectivity index (χ0v) is 17.1. The first-order valence-electron chi connectivity index (χ1n) is 8.34. The number of rotatable bonds is 7. The molecule has 3 rings (SSSR count). The van der Waals surface area contributed by atoms with E-state index in [1.807, 2.05) is 24.7 Å². The predicted octanol–water partition coefficient (Wildman–Crippen LogP) is 3.05.